The Bertz CT molecular complexity index is 536. The molecule has 2 fully saturated rings. The smallest absolute Gasteiger partial charge is 0.137 e. The first kappa shape index (κ1) is 17.5. The molecule has 1 atom stereocenters. The third-order valence-electron chi connectivity index (χ3n) is 5.81. The van der Waals surface area contributed by atoms with Crippen LogP contribution in [0.25, 0.3) is 0 Å². The Hall–Kier alpha value is -1.35. The van der Waals surface area contributed by atoms with Crippen LogP contribution in [0.4, 0.5) is 0 Å². The lowest BCUT2D eigenvalue weighted by Gasteiger charge is -2.33. The zero-order valence-electron chi connectivity index (χ0n) is 15.0. The topological polar surface area (TPSA) is 29.5 Å². The lowest BCUT2D eigenvalue weighted by molar-refractivity contribution is -0.124. The number of carbonyl (C=O) groups is 1. The molecule has 1 saturated heterocycles. The number of Topliss-reactive ketones (excluding diaryl/α,β-unsaturated/α-hetero) is 1. The SMILES string of the molecule is COc1cccc(C2CCCN(CCC(=O)C3CCCCC3)C2)c1. The molecule has 1 aromatic carbocycles. The predicted octanol–water partition coefficient (Wildman–Crippen LogP) is 4.41. The second-order valence-corrected chi connectivity index (χ2v) is 7.47. The van der Waals surface area contributed by atoms with Crippen molar-refractivity contribution in [3.05, 3.63) is 29.8 Å². The summed E-state index contributed by atoms with van der Waals surface area (Å²) in [5.41, 5.74) is 1.37. The predicted molar refractivity (Wildman–Crippen MR) is 97.6 cm³/mol. The molecule has 1 aliphatic carbocycles. The van der Waals surface area contributed by atoms with E-state index >= 15 is 0 Å². The fourth-order valence-electron chi connectivity index (χ4n) is 4.32. The van der Waals surface area contributed by atoms with E-state index in [0.29, 0.717) is 17.6 Å². The van der Waals surface area contributed by atoms with Crippen LogP contribution in [0, 0.1) is 5.92 Å². The zero-order chi connectivity index (χ0) is 16.8. The van der Waals surface area contributed by atoms with Gasteiger partial charge in [0.1, 0.15) is 11.5 Å². The summed E-state index contributed by atoms with van der Waals surface area (Å²) in [5, 5.41) is 0. The Balaban J connectivity index is 1.50. The summed E-state index contributed by atoms with van der Waals surface area (Å²) in [6.45, 7) is 3.15. The molecule has 3 rings (SSSR count). The van der Waals surface area contributed by atoms with E-state index in [2.05, 4.69) is 23.1 Å². The van der Waals surface area contributed by atoms with Crippen molar-refractivity contribution in [2.45, 2.75) is 57.3 Å². The van der Waals surface area contributed by atoms with Crippen molar-refractivity contribution in [2.24, 2.45) is 5.92 Å². The second kappa shape index (κ2) is 8.66. The van der Waals surface area contributed by atoms with Crippen LogP contribution in [-0.2, 0) is 4.79 Å². The number of nitrogens with zero attached hydrogens (tertiary/aromatic N) is 1. The van der Waals surface area contributed by atoms with Crippen LogP contribution in [0.2, 0.25) is 0 Å². The molecular weight excluding hydrogens is 298 g/mol. The number of ketones is 1. The molecule has 0 bridgehead atoms. The largest absolute Gasteiger partial charge is 0.497 e. The molecule has 1 saturated carbocycles. The average Bonchev–Trinajstić information content (AvgIpc) is 2.67. The van der Waals surface area contributed by atoms with E-state index < -0.39 is 0 Å². The van der Waals surface area contributed by atoms with Crippen LogP contribution in [0.1, 0.15) is 62.8 Å². The van der Waals surface area contributed by atoms with Gasteiger partial charge in [0.2, 0.25) is 0 Å². The zero-order valence-corrected chi connectivity index (χ0v) is 15.0. The van der Waals surface area contributed by atoms with Crippen molar-refractivity contribution in [3.63, 3.8) is 0 Å². The molecule has 3 nitrogen and oxygen atoms in total. The summed E-state index contributed by atoms with van der Waals surface area (Å²) in [7, 11) is 1.73. The van der Waals surface area contributed by atoms with Crippen LogP contribution in [0.15, 0.2) is 24.3 Å². The van der Waals surface area contributed by atoms with E-state index in [1.165, 1.54) is 37.7 Å². The summed E-state index contributed by atoms with van der Waals surface area (Å²) < 4.78 is 5.36. The van der Waals surface area contributed by atoms with Gasteiger partial charge in [-0.15, -0.1) is 0 Å². The van der Waals surface area contributed by atoms with Gasteiger partial charge in [-0.1, -0.05) is 31.4 Å². The standard InChI is InChI=1S/C21H31NO2/c1-24-20-11-5-9-18(15-20)19-10-6-13-22(16-19)14-12-21(23)17-7-3-2-4-8-17/h5,9,11,15,17,19H,2-4,6-8,10,12-14,16H2,1H3. The lowest BCUT2D eigenvalue weighted by Crippen LogP contribution is -2.36. The summed E-state index contributed by atoms with van der Waals surface area (Å²) in [6.07, 6.45) is 9.28. The van der Waals surface area contributed by atoms with Crippen molar-refractivity contribution >= 4 is 5.78 Å². The van der Waals surface area contributed by atoms with Gasteiger partial charge >= 0.3 is 0 Å². The number of methoxy groups -OCH3 is 1. The van der Waals surface area contributed by atoms with E-state index in [9.17, 15) is 4.79 Å². The first-order valence-corrected chi connectivity index (χ1v) is 9.65. The molecule has 2 aliphatic rings. The van der Waals surface area contributed by atoms with Crippen LogP contribution in [-0.4, -0.2) is 37.4 Å². The minimum atomic E-state index is 0.359. The van der Waals surface area contributed by atoms with E-state index in [1.54, 1.807) is 7.11 Å². The van der Waals surface area contributed by atoms with E-state index in [0.717, 1.165) is 44.6 Å². The first-order chi connectivity index (χ1) is 11.8. The van der Waals surface area contributed by atoms with Crippen LogP contribution in [0.5, 0.6) is 5.75 Å². The molecule has 0 radical (unpaired) electrons. The fourth-order valence-corrected chi connectivity index (χ4v) is 4.32. The molecule has 24 heavy (non-hydrogen) atoms. The minimum Gasteiger partial charge on any atom is -0.497 e. The maximum absolute atomic E-state index is 12.4. The highest BCUT2D eigenvalue weighted by atomic mass is 16.5. The Labute approximate surface area is 146 Å². The summed E-state index contributed by atoms with van der Waals surface area (Å²) in [4.78, 5) is 14.9. The van der Waals surface area contributed by atoms with Crippen LogP contribution in [0.3, 0.4) is 0 Å². The third-order valence-corrected chi connectivity index (χ3v) is 5.81. The molecule has 1 aromatic rings. The number of piperidine rings is 1. The Kier molecular flexibility index (Phi) is 6.30. The molecule has 1 aliphatic heterocycles. The van der Waals surface area contributed by atoms with E-state index in [-0.39, 0.29) is 0 Å². The number of benzene rings is 1. The summed E-state index contributed by atoms with van der Waals surface area (Å²) in [6, 6.07) is 8.47. The van der Waals surface area contributed by atoms with Crippen molar-refractivity contribution < 1.29 is 9.53 Å². The highest BCUT2D eigenvalue weighted by Gasteiger charge is 2.24. The van der Waals surface area contributed by atoms with Gasteiger partial charge in [-0.2, -0.15) is 0 Å². The van der Waals surface area contributed by atoms with Gasteiger partial charge in [-0.3, -0.25) is 4.79 Å². The van der Waals surface area contributed by atoms with Crippen LogP contribution >= 0.6 is 0 Å². The number of ether oxygens (including phenoxy) is 1. The number of rotatable bonds is 6. The van der Waals surface area contributed by atoms with Gasteiger partial charge < -0.3 is 9.64 Å². The highest BCUT2D eigenvalue weighted by molar-refractivity contribution is 5.81. The summed E-state index contributed by atoms with van der Waals surface area (Å²) >= 11 is 0. The molecule has 0 amide bonds. The molecule has 1 unspecified atom stereocenters. The van der Waals surface area contributed by atoms with E-state index in [1.807, 2.05) is 6.07 Å². The van der Waals surface area contributed by atoms with Gasteiger partial charge in [0.15, 0.2) is 0 Å². The van der Waals surface area contributed by atoms with Gasteiger partial charge in [0.05, 0.1) is 7.11 Å². The Morgan fingerprint density at radius 3 is 2.79 bits per heavy atom. The molecule has 0 aromatic heterocycles. The van der Waals surface area contributed by atoms with Crippen molar-refractivity contribution in [1.82, 2.24) is 4.90 Å². The normalized spacial score (nSPS) is 23.1. The number of hydrogen-bond donors (Lipinski definition) is 0. The van der Waals surface area contributed by atoms with Crippen LogP contribution < -0.4 is 4.74 Å². The maximum Gasteiger partial charge on any atom is 0.137 e. The van der Waals surface area contributed by atoms with Crippen molar-refractivity contribution in [2.75, 3.05) is 26.7 Å². The number of hydrogen-bond acceptors (Lipinski definition) is 3. The summed E-state index contributed by atoms with van der Waals surface area (Å²) in [5.74, 6) is 2.38. The van der Waals surface area contributed by atoms with Crippen molar-refractivity contribution in [3.8, 4) is 5.75 Å². The van der Waals surface area contributed by atoms with Gasteiger partial charge in [-0.25, -0.2) is 0 Å². The lowest BCUT2D eigenvalue weighted by atomic mass is 9.85. The minimum absolute atomic E-state index is 0.359. The first-order valence-electron chi connectivity index (χ1n) is 9.65. The van der Waals surface area contributed by atoms with E-state index in [4.69, 9.17) is 4.74 Å². The Morgan fingerprint density at radius 1 is 1.17 bits per heavy atom. The van der Waals surface area contributed by atoms with Gasteiger partial charge in [0, 0.05) is 25.4 Å². The molecule has 3 heteroatoms. The quantitative estimate of drug-likeness (QED) is 0.774. The Morgan fingerprint density at radius 2 is 2.00 bits per heavy atom. The van der Waals surface area contributed by atoms with Gasteiger partial charge in [-0.05, 0) is 55.8 Å². The molecule has 0 spiro atoms. The second-order valence-electron chi connectivity index (χ2n) is 7.47. The average molecular weight is 329 g/mol. The molecule has 132 valence electrons. The monoisotopic (exact) mass is 329 g/mol. The molecule has 0 N–H and O–H groups in total. The van der Waals surface area contributed by atoms with Crippen molar-refractivity contribution in [1.29, 1.82) is 0 Å². The number of carbonyl (C=O) groups excluding carboxylic acids is 1. The molecule has 1 heterocycles. The third kappa shape index (κ3) is 4.60. The highest BCUT2D eigenvalue weighted by Crippen LogP contribution is 2.30. The molecular formula is C21H31NO2. The van der Waals surface area contributed by atoms with Gasteiger partial charge in [0.25, 0.3) is 0 Å². The fraction of sp³-hybridized carbons (Fsp3) is 0.667. The maximum atomic E-state index is 12.4. The number of likely N-dealkylation sites (tertiary alicyclic amines) is 1.